The molecule has 1 fully saturated rings. The average Bonchev–Trinajstić information content (AvgIpc) is 2.92. The number of carbonyl (C=O) groups excluding carboxylic acids is 1. The van der Waals surface area contributed by atoms with Gasteiger partial charge >= 0.3 is 0 Å². The van der Waals surface area contributed by atoms with Crippen molar-refractivity contribution in [1.82, 2.24) is 25.3 Å². The Labute approximate surface area is 163 Å². The van der Waals surface area contributed by atoms with Gasteiger partial charge in [-0.1, -0.05) is 19.8 Å². The number of amides is 1. The van der Waals surface area contributed by atoms with Crippen LogP contribution in [0.2, 0.25) is 0 Å². The summed E-state index contributed by atoms with van der Waals surface area (Å²) >= 11 is 0. The van der Waals surface area contributed by atoms with Crippen molar-refractivity contribution in [3.05, 3.63) is 18.0 Å². The van der Waals surface area contributed by atoms with Gasteiger partial charge in [0.05, 0.1) is 6.20 Å². The van der Waals surface area contributed by atoms with Gasteiger partial charge in [-0.05, 0) is 39.9 Å². The molecule has 8 heteroatoms. The molecule has 2 rings (SSSR count). The van der Waals surface area contributed by atoms with Crippen molar-refractivity contribution in [2.45, 2.75) is 44.2 Å². The molecule has 1 heterocycles. The van der Waals surface area contributed by atoms with Gasteiger partial charge in [-0.15, -0.1) is 24.8 Å². The Balaban J connectivity index is 0.00000288. The number of rotatable bonds is 6. The molecule has 0 spiro atoms. The van der Waals surface area contributed by atoms with E-state index in [-0.39, 0.29) is 42.3 Å². The molecule has 25 heavy (non-hydrogen) atoms. The summed E-state index contributed by atoms with van der Waals surface area (Å²) in [4.78, 5) is 14.9. The molecule has 1 aromatic rings. The van der Waals surface area contributed by atoms with Gasteiger partial charge in [0.25, 0.3) is 0 Å². The van der Waals surface area contributed by atoms with E-state index in [4.69, 9.17) is 0 Å². The lowest BCUT2D eigenvalue weighted by Crippen LogP contribution is -2.55. The van der Waals surface area contributed by atoms with Crippen molar-refractivity contribution >= 4 is 30.7 Å². The summed E-state index contributed by atoms with van der Waals surface area (Å²) in [5.41, 5.74) is 0.962. The lowest BCUT2D eigenvalue weighted by atomic mass is 9.75. The second kappa shape index (κ2) is 10.4. The van der Waals surface area contributed by atoms with Crippen LogP contribution in [0.1, 0.15) is 44.2 Å². The van der Waals surface area contributed by atoms with Gasteiger partial charge < -0.3 is 15.5 Å². The third-order valence-corrected chi connectivity index (χ3v) is 5.22. The predicted octanol–water partition coefficient (Wildman–Crippen LogP) is 2.15. The number of nitrogens with zero attached hydrogens (tertiary/aromatic N) is 3. The SMILES string of the molecule is CNC(C(=O)NCC1(N(C)C)CCCC(C)C1)c1cnn(C)c1.Cl.Cl. The van der Waals surface area contributed by atoms with Crippen molar-refractivity contribution in [3.63, 3.8) is 0 Å². The second-order valence-electron chi connectivity index (χ2n) is 7.21. The smallest absolute Gasteiger partial charge is 0.241 e. The molecule has 1 aromatic heterocycles. The normalized spacial score (nSPS) is 24.2. The molecular formula is C17H33Cl2N5O. The fourth-order valence-corrected chi connectivity index (χ4v) is 3.75. The van der Waals surface area contributed by atoms with Crippen LogP contribution in [0.4, 0.5) is 0 Å². The molecular weight excluding hydrogens is 361 g/mol. The molecule has 1 aliphatic carbocycles. The summed E-state index contributed by atoms with van der Waals surface area (Å²) in [6.07, 6.45) is 8.42. The summed E-state index contributed by atoms with van der Waals surface area (Å²) in [5.74, 6) is 0.724. The molecule has 3 unspecified atom stereocenters. The van der Waals surface area contributed by atoms with Crippen LogP contribution >= 0.6 is 24.8 Å². The highest BCUT2D eigenvalue weighted by Gasteiger charge is 2.37. The molecule has 3 atom stereocenters. The summed E-state index contributed by atoms with van der Waals surface area (Å²) in [5, 5.41) is 10.4. The minimum atomic E-state index is -0.357. The Morgan fingerprint density at radius 3 is 2.64 bits per heavy atom. The first kappa shape index (κ1) is 24.2. The Hall–Kier alpha value is -0.820. The lowest BCUT2D eigenvalue weighted by Gasteiger charge is -2.45. The fraction of sp³-hybridized carbons (Fsp3) is 0.765. The Morgan fingerprint density at radius 2 is 2.16 bits per heavy atom. The topological polar surface area (TPSA) is 62.2 Å². The van der Waals surface area contributed by atoms with Crippen LogP contribution in [0.25, 0.3) is 0 Å². The largest absolute Gasteiger partial charge is 0.353 e. The maximum absolute atomic E-state index is 12.6. The minimum absolute atomic E-state index is 0. The highest BCUT2D eigenvalue weighted by atomic mass is 35.5. The third kappa shape index (κ3) is 5.84. The molecule has 1 aliphatic rings. The van der Waals surface area contributed by atoms with Crippen molar-refractivity contribution in [2.75, 3.05) is 27.7 Å². The van der Waals surface area contributed by atoms with E-state index >= 15 is 0 Å². The molecule has 0 radical (unpaired) electrons. The predicted molar refractivity (Wildman–Crippen MR) is 107 cm³/mol. The Bertz CT molecular complexity index is 537. The number of halogens is 2. The molecule has 0 saturated heterocycles. The zero-order valence-electron chi connectivity index (χ0n) is 15.9. The van der Waals surface area contributed by atoms with E-state index in [1.807, 2.05) is 20.3 Å². The van der Waals surface area contributed by atoms with Crippen LogP contribution in [-0.2, 0) is 11.8 Å². The monoisotopic (exact) mass is 393 g/mol. The van der Waals surface area contributed by atoms with Crippen LogP contribution in [0.3, 0.4) is 0 Å². The van der Waals surface area contributed by atoms with Crippen LogP contribution in [-0.4, -0.2) is 53.8 Å². The zero-order valence-corrected chi connectivity index (χ0v) is 17.5. The Morgan fingerprint density at radius 1 is 1.48 bits per heavy atom. The van der Waals surface area contributed by atoms with Crippen LogP contribution < -0.4 is 10.6 Å². The molecule has 1 saturated carbocycles. The van der Waals surface area contributed by atoms with Crippen molar-refractivity contribution in [3.8, 4) is 0 Å². The average molecular weight is 394 g/mol. The van der Waals surface area contributed by atoms with E-state index in [2.05, 4.69) is 41.7 Å². The van der Waals surface area contributed by atoms with Crippen LogP contribution in [0.5, 0.6) is 0 Å². The highest BCUT2D eigenvalue weighted by molar-refractivity contribution is 5.85. The first-order valence-corrected chi connectivity index (χ1v) is 8.49. The molecule has 6 nitrogen and oxygen atoms in total. The highest BCUT2D eigenvalue weighted by Crippen LogP contribution is 2.35. The quantitative estimate of drug-likeness (QED) is 0.776. The van der Waals surface area contributed by atoms with E-state index in [1.165, 1.54) is 12.8 Å². The van der Waals surface area contributed by atoms with Crippen molar-refractivity contribution in [2.24, 2.45) is 13.0 Å². The van der Waals surface area contributed by atoms with Gasteiger partial charge in [0.2, 0.25) is 5.91 Å². The lowest BCUT2D eigenvalue weighted by molar-refractivity contribution is -0.124. The van der Waals surface area contributed by atoms with Crippen LogP contribution in [0.15, 0.2) is 12.4 Å². The van der Waals surface area contributed by atoms with E-state index in [1.54, 1.807) is 10.9 Å². The van der Waals surface area contributed by atoms with Gasteiger partial charge in [-0.2, -0.15) is 5.10 Å². The number of likely N-dealkylation sites (N-methyl/N-ethyl adjacent to an activating group) is 2. The maximum atomic E-state index is 12.6. The molecule has 0 aliphatic heterocycles. The molecule has 1 amide bonds. The van der Waals surface area contributed by atoms with Crippen LogP contribution in [0, 0.1) is 5.92 Å². The minimum Gasteiger partial charge on any atom is -0.353 e. The number of aryl methyl sites for hydroxylation is 1. The van der Waals surface area contributed by atoms with Crippen molar-refractivity contribution in [1.29, 1.82) is 0 Å². The van der Waals surface area contributed by atoms with E-state index in [0.717, 1.165) is 18.4 Å². The molecule has 0 aromatic carbocycles. The molecule has 146 valence electrons. The summed E-state index contributed by atoms with van der Waals surface area (Å²) < 4.78 is 1.72. The first-order chi connectivity index (χ1) is 10.9. The maximum Gasteiger partial charge on any atom is 0.241 e. The number of carbonyl (C=O) groups is 1. The van der Waals surface area contributed by atoms with Crippen molar-refractivity contribution < 1.29 is 4.79 Å². The van der Waals surface area contributed by atoms with Gasteiger partial charge in [0.15, 0.2) is 0 Å². The second-order valence-corrected chi connectivity index (χ2v) is 7.21. The zero-order chi connectivity index (χ0) is 17.0. The number of hydrogen-bond acceptors (Lipinski definition) is 4. The van der Waals surface area contributed by atoms with Gasteiger partial charge in [0, 0.05) is 30.9 Å². The summed E-state index contributed by atoms with van der Waals surface area (Å²) in [6, 6.07) is -0.357. The number of nitrogens with one attached hydrogen (secondary N) is 2. The van der Waals surface area contributed by atoms with E-state index in [9.17, 15) is 4.79 Å². The number of hydrogen-bond donors (Lipinski definition) is 2. The fourth-order valence-electron chi connectivity index (χ4n) is 3.75. The van der Waals surface area contributed by atoms with Gasteiger partial charge in [0.1, 0.15) is 6.04 Å². The summed E-state index contributed by atoms with van der Waals surface area (Å²) in [7, 11) is 7.92. The molecule has 0 bridgehead atoms. The van der Waals surface area contributed by atoms with Gasteiger partial charge in [-0.25, -0.2) is 0 Å². The third-order valence-electron chi connectivity index (χ3n) is 5.22. The number of aromatic nitrogens is 2. The Kier molecular flexibility index (Phi) is 10.0. The first-order valence-electron chi connectivity index (χ1n) is 8.49. The van der Waals surface area contributed by atoms with Gasteiger partial charge in [-0.3, -0.25) is 9.48 Å². The molecule has 2 N–H and O–H groups in total. The summed E-state index contributed by atoms with van der Waals surface area (Å²) in [6.45, 7) is 3.01. The van der Waals surface area contributed by atoms with E-state index < -0.39 is 0 Å². The van der Waals surface area contributed by atoms with E-state index in [0.29, 0.717) is 12.5 Å². The standard InChI is InChI=1S/C17H31N5O.2ClH/c1-13-7-6-8-17(9-13,21(3)4)12-19-16(23)15(18-2)14-10-20-22(5)11-14;;/h10-11,13,15,18H,6-9,12H2,1-5H3,(H,19,23);2*1H.